The molecule has 5 heteroatoms. The fourth-order valence-corrected chi connectivity index (χ4v) is 2.14. The van der Waals surface area contributed by atoms with E-state index < -0.39 is 7.12 Å². The summed E-state index contributed by atoms with van der Waals surface area (Å²) in [7, 11) is -1.44. The van der Waals surface area contributed by atoms with Gasteiger partial charge in [0.1, 0.15) is 5.75 Å². The van der Waals surface area contributed by atoms with Gasteiger partial charge in [0, 0.05) is 5.75 Å². The van der Waals surface area contributed by atoms with Gasteiger partial charge in [-0.25, -0.2) is 0 Å². The Morgan fingerprint density at radius 1 is 1.35 bits per heavy atom. The van der Waals surface area contributed by atoms with Gasteiger partial charge in [0.2, 0.25) is 0 Å². The van der Waals surface area contributed by atoms with Crippen molar-refractivity contribution in [1.82, 2.24) is 0 Å². The van der Waals surface area contributed by atoms with Crippen molar-refractivity contribution in [3.63, 3.8) is 0 Å². The van der Waals surface area contributed by atoms with Crippen molar-refractivity contribution in [2.75, 3.05) is 18.1 Å². The first-order valence-electron chi connectivity index (χ1n) is 5.76. The Morgan fingerprint density at radius 2 is 2.12 bits per heavy atom. The minimum Gasteiger partial charge on any atom is -0.493 e. The fourth-order valence-electron chi connectivity index (χ4n) is 1.30. The standard InChI is InChI=1S/C12H19BO3S/c1-10(2)9-17-7-6-16-12-5-3-4-11(8-12)13(14)15/h3-5,8,10,14-15H,6-7,9H2,1-2H3. The molecule has 1 rings (SSSR count). The summed E-state index contributed by atoms with van der Waals surface area (Å²) < 4.78 is 5.54. The molecule has 2 N–H and O–H groups in total. The Kier molecular flexibility index (Phi) is 6.48. The Hall–Kier alpha value is -0.645. The molecule has 0 aromatic heterocycles. The van der Waals surface area contributed by atoms with Crippen LogP contribution in [-0.4, -0.2) is 35.3 Å². The minimum absolute atomic E-state index is 0.456. The molecule has 0 radical (unpaired) electrons. The summed E-state index contributed by atoms with van der Waals surface area (Å²) in [5.74, 6) is 3.47. The molecule has 0 spiro atoms. The second-order valence-corrected chi connectivity index (χ2v) is 5.41. The van der Waals surface area contributed by atoms with Gasteiger partial charge in [-0.3, -0.25) is 0 Å². The molecule has 0 saturated heterocycles. The van der Waals surface area contributed by atoms with Gasteiger partial charge in [-0.05, 0) is 29.3 Å². The van der Waals surface area contributed by atoms with Crippen molar-refractivity contribution in [2.24, 2.45) is 5.92 Å². The fraction of sp³-hybridized carbons (Fsp3) is 0.500. The zero-order chi connectivity index (χ0) is 12.7. The van der Waals surface area contributed by atoms with Crippen LogP contribution in [0.5, 0.6) is 5.75 Å². The van der Waals surface area contributed by atoms with Gasteiger partial charge in [0.25, 0.3) is 0 Å². The van der Waals surface area contributed by atoms with Crippen molar-refractivity contribution in [3.8, 4) is 5.75 Å². The first kappa shape index (κ1) is 14.4. The summed E-state index contributed by atoms with van der Waals surface area (Å²) in [5, 5.41) is 18.0. The third-order valence-corrected chi connectivity index (χ3v) is 3.46. The van der Waals surface area contributed by atoms with E-state index in [0.717, 1.165) is 11.5 Å². The quantitative estimate of drug-likeness (QED) is 0.566. The van der Waals surface area contributed by atoms with Crippen LogP contribution in [0.15, 0.2) is 24.3 Å². The van der Waals surface area contributed by atoms with Crippen molar-refractivity contribution in [1.29, 1.82) is 0 Å². The van der Waals surface area contributed by atoms with Crippen molar-refractivity contribution >= 4 is 24.3 Å². The Morgan fingerprint density at radius 3 is 2.76 bits per heavy atom. The lowest BCUT2D eigenvalue weighted by atomic mass is 9.80. The number of hydrogen-bond acceptors (Lipinski definition) is 4. The van der Waals surface area contributed by atoms with Gasteiger partial charge in [0.15, 0.2) is 0 Å². The highest BCUT2D eigenvalue weighted by atomic mass is 32.2. The largest absolute Gasteiger partial charge is 0.493 e. The SMILES string of the molecule is CC(C)CSCCOc1cccc(B(O)O)c1. The number of rotatable bonds is 7. The minimum atomic E-state index is -1.44. The van der Waals surface area contributed by atoms with E-state index in [2.05, 4.69) is 13.8 Å². The molecule has 17 heavy (non-hydrogen) atoms. The van der Waals surface area contributed by atoms with Crippen LogP contribution in [0.4, 0.5) is 0 Å². The molecule has 0 amide bonds. The molecule has 3 nitrogen and oxygen atoms in total. The van der Waals surface area contributed by atoms with Gasteiger partial charge < -0.3 is 14.8 Å². The molecule has 0 aliphatic rings. The van der Waals surface area contributed by atoms with E-state index in [4.69, 9.17) is 14.8 Å². The van der Waals surface area contributed by atoms with Crippen LogP contribution < -0.4 is 10.2 Å². The van der Waals surface area contributed by atoms with E-state index in [0.29, 0.717) is 23.7 Å². The lowest BCUT2D eigenvalue weighted by Crippen LogP contribution is -2.29. The Labute approximate surface area is 107 Å². The lowest BCUT2D eigenvalue weighted by molar-refractivity contribution is 0.344. The number of hydrogen-bond donors (Lipinski definition) is 2. The maximum Gasteiger partial charge on any atom is 0.488 e. The Balaban J connectivity index is 2.29. The van der Waals surface area contributed by atoms with E-state index in [1.54, 1.807) is 18.2 Å². The Bertz CT molecular complexity index is 331. The average Bonchev–Trinajstić information content (AvgIpc) is 2.28. The van der Waals surface area contributed by atoms with Gasteiger partial charge in [0.05, 0.1) is 6.61 Å². The highest BCUT2D eigenvalue weighted by molar-refractivity contribution is 7.99. The zero-order valence-corrected chi connectivity index (χ0v) is 11.1. The monoisotopic (exact) mass is 254 g/mol. The molecule has 94 valence electrons. The third kappa shape index (κ3) is 6.01. The summed E-state index contributed by atoms with van der Waals surface area (Å²) in [4.78, 5) is 0. The molecule has 0 unspecified atom stereocenters. The van der Waals surface area contributed by atoms with E-state index >= 15 is 0 Å². The average molecular weight is 254 g/mol. The van der Waals surface area contributed by atoms with Crippen LogP contribution in [-0.2, 0) is 0 Å². The maximum absolute atomic E-state index is 9.01. The number of thioether (sulfide) groups is 1. The molecular formula is C12H19BO3S. The van der Waals surface area contributed by atoms with Crippen LogP contribution in [0.3, 0.4) is 0 Å². The predicted molar refractivity (Wildman–Crippen MR) is 73.9 cm³/mol. The number of ether oxygens (including phenoxy) is 1. The van der Waals surface area contributed by atoms with Gasteiger partial charge >= 0.3 is 7.12 Å². The van der Waals surface area contributed by atoms with Gasteiger partial charge in [-0.2, -0.15) is 11.8 Å². The number of benzene rings is 1. The third-order valence-electron chi connectivity index (χ3n) is 2.10. The van der Waals surface area contributed by atoms with Crippen LogP contribution in [0.1, 0.15) is 13.8 Å². The molecular weight excluding hydrogens is 235 g/mol. The van der Waals surface area contributed by atoms with Crippen LogP contribution in [0.25, 0.3) is 0 Å². The first-order valence-corrected chi connectivity index (χ1v) is 6.91. The second-order valence-electron chi connectivity index (χ2n) is 4.26. The molecule has 1 aromatic rings. The smallest absolute Gasteiger partial charge is 0.488 e. The summed E-state index contributed by atoms with van der Waals surface area (Å²) in [6.07, 6.45) is 0. The molecule has 0 heterocycles. The molecule has 0 aliphatic carbocycles. The van der Waals surface area contributed by atoms with Gasteiger partial charge in [-0.1, -0.05) is 26.0 Å². The van der Waals surface area contributed by atoms with Crippen molar-refractivity contribution in [3.05, 3.63) is 24.3 Å². The highest BCUT2D eigenvalue weighted by Crippen LogP contribution is 2.10. The lowest BCUT2D eigenvalue weighted by Gasteiger charge is -2.08. The van der Waals surface area contributed by atoms with Gasteiger partial charge in [-0.15, -0.1) is 0 Å². The summed E-state index contributed by atoms with van der Waals surface area (Å²) in [6, 6.07) is 6.88. The van der Waals surface area contributed by atoms with E-state index in [-0.39, 0.29) is 0 Å². The highest BCUT2D eigenvalue weighted by Gasteiger charge is 2.10. The summed E-state index contributed by atoms with van der Waals surface area (Å²) in [5.41, 5.74) is 0.456. The molecule has 0 fully saturated rings. The van der Waals surface area contributed by atoms with E-state index in [1.807, 2.05) is 17.8 Å². The molecule has 0 aliphatic heterocycles. The maximum atomic E-state index is 9.01. The second kappa shape index (κ2) is 7.64. The van der Waals surface area contributed by atoms with Crippen molar-refractivity contribution in [2.45, 2.75) is 13.8 Å². The molecule has 0 bridgehead atoms. The molecule has 0 saturated carbocycles. The predicted octanol–water partition coefficient (Wildman–Crippen LogP) is 1.13. The summed E-state index contributed by atoms with van der Waals surface area (Å²) in [6.45, 7) is 5.03. The molecule has 0 atom stereocenters. The van der Waals surface area contributed by atoms with E-state index in [9.17, 15) is 0 Å². The van der Waals surface area contributed by atoms with Crippen molar-refractivity contribution < 1.29 is 14.8 Å². The first-order chi connectivity index (χ1) is 8.09. The summed E-state index contributed by atoms with van der Waals surface area (Å²) >= 11 is 1.87. The van der Waals surface area contributed by atoms with E-state index in [1.165, 1.54) is 0 Å². The zero-order valence-electron chi connectivity index (χ0n) is 10.3. The topological polar surface area (TPSA) is 49.7 Å². The molecule has 1 aromatic carbocycles. The normalized spacial score (nSPS) is 10.6. The van der Waals surface area contributed by atoms with Crippen LogP contribution in [0, 0.1) is 5.92 Å². The van der Waals surface area contributed by atoms with Crippen LogP contribution in [0.2, 0.25) is 0 Å². The van der Waals surface area contributed by atoms with Crippen LogP contribution >= 0.6 is 11.8 Å².